The maximum Gasteiger partial charge on any atom is 0.132 e. The standard InChI is InChI=1S/C18H22O2/c1-13-9-10-15(18(2,3)4)17(11-13)20-16-8-6-5-7-14(16)12-19/h5-11,19H,12H2,1-4H3. The third kappa shape index (κ3) is 3.20. The highest BCUT2D eigenvalue weighted by Crippen LogP contribution is 2.35. The molecular formula is C18H22O2. The summed E-state index contributed by atoms with van der Waals surface area (Å²) in [6.45, 7) is 8.54. The molecule has 0 heterocycles. The van der Waals surface area contributed by atoms with Gasteiger partial charge in [-0.1, -0.05) is 51.1 Å². The van der Waals surface area contributed by atoms with Gasteiger partial charge in [0.15, 0.2) is 0 Å². The summed E-state index contributed by atoms with van der Waals surface area (Å²) >= 11 is 0. The third-order valence-corrected chi connectivity index (χ3v) is 3.31. The summed E-state index contributed by atoms with van der Waals surface area (Å²) in [5, 5.41) is 9.40. The summed E-state index contributed by atoms with van der Waals surface area (Å²) < 4.78 is 6.08. The molecule has 2 rings (SSSR count). The monoisotopic (exact) mass is 270 g/mol. The Bertz CT molecular complexity index is 595. The minimum Gasteiger partial charge on any atom is -0.457 e. The first-order valence-electron chi connectivity index (χ1n) is 6.89. The van der Waals surface area contributed by atoms with Crippen molar-refractivity contribution in [1.82, 2.24) is 0 Å². The van der Waals surface area contributed by atoms with Crippen LogP contribution in [0, 0.1) is 6.92 Å². The van der Waals surface area contributed by atoms with Crippen LogP contribution in [0.5, 0.6) is 11.5 Å². The summed E-state index contributed by atoms with van der Waals surface area (Å²) in [5.41, 5.74) is 3.14. The average molecular weight is 270 g/mol. The highest BCUT2D eigenvalue weighted by molar-refractivity contribution is 5.45. The van der Waals surface area contributed by atoms with Gasteiger partial charge in [-0.05, 0) is 30.0 Å². The maximum atomic E-state index is 9.40. The molecular weight excluding hydrogens is 248 g/mol. The van der Waals surface area contributed by atoms with Gasteiger partial charge in [-0.25, -0.2) is 0 Å². The van der Waals surface area contributed by atoms with E-state index in [0.717, 1.165) is 22.4 Å². The Morgan fingerprint density at radius 1 is 1.00 bits per heavy atom. The first-order valence-corrected chi connectivity index (χ1v) is 6.89. The van der Waals surface area contributed by atoms with Crippen LogP contribution in [0.15, 0.2) is 42.5 Å². The van der Waals surface area contributed by atoms with E-state index >= 15 is 0 Å². The van der Waals surface area contributed by atoms with E-state index in [2.05, 4.69) is 45.9 Å². The van der Waals surface area contributed by atoms with E-state index in [1.807, 2.05) is 24.3 Å². The highest BCUT2D eigenvalue weighted by atomic mass is 16.5. The molecule has 2 aromatic carbocycles. The van der Waals surface area contributed by atoms with Crippen LogP contribution in [-0.2, 0) is 12.0 Å². The number of ether oxygens (including phenoxy) is 1. The van der Waals surface area contributed by atoms with E-state index in [9.17, 15) is 5.11 Å². The fourth-order valence-corrected chi connectivity index (χ4v) is 2.19. The molecule has 0 saturated heterocycles. The number of para-hydroxylation sites is 1. The number of hydrogen-bond donors (Lipinski definition) is 1. The van der Waals surface area contributed by atoms with Gasteiger partial charge in [-0.2, -0.15) is 0 Å². The van der Waals surface area contributed by atoms with E-state index < -0.39 is 0 Å². The number of aliphatic hydroxyl groups is 1. The maximum absolute atomic E-state index is 9.40. The Hall–Kier alpha value is -1.80. The van der Waals surface area contributed by atoms with Crippen molar-refractivity contribution in [2.24, 2.45) is 0 Å². The van der Waals surface area contributed by atoms with Gasteiger partial charge >= 0.3 is 0 Å². The Kier molecular flexibility index (Phi) is 4.15. The molecule has 0 atom stereocenters. The molecule has 0 aliphatic carbocycles. The summed E-state index contributed by atoms with van der Waals surface area (Å²) in [5.74, 6) is 1.57. The second kappa shape index (κ2) is 5.68. The normalized spacial score (nSPS) is 11.4. The molecule has 2 aromatic rings. The molecule has 20 heavy (non-hydrogen) atoms. The molecule has 0 fully saturated rings. The lowest BCUT2D eigenvalue weighted by molar-refractivity contribution is 0.276. The Labute approximate surface area is 121 Å². The smallest absolute Gasteiger partial charge is 0.132 e. The minimum atomic E-state index is -0.0210. The van der Waals surface area contributed by atoms with Crippen molar-refractivity contribution in [2.75, 3.05) is 0 Å². The van der Waals surface area contributed by atoms with Gasteiger partial charge in [-0.15, -0.1) is 0 Å². The molecule has 0 aromatic heterocycles. The lowest BCUT2D eigenvalue weighted by Crippen LogP contribution is -2.12. The van der Waals surface area contributed by atoms with Gasteiger partial charge in [0.1, 0.15) is 11.5 Å². The molecule has 0 unspecified atom stereocenters. The van der Waals surface area contributed by atoms with Crippen LogP contribution in [0.4, 0.5) is 0 Å². The lowest BCUT2D eigenvalue weighted by Gasteiger charge is -2.23. The molecule has 1 N–H and O–H groups in total. The zero-order valence-corrected chi connectivity index (χ0v) is 12.6. The zero-order chi connectivity index (χ0) is 14.8. The highest BCUT2D eigenvalue weighted by Gasteiger charge is 2.19. The van der Waals surface area contributed by atoms with E-state index in [1.54, 1.807) is 0 Å². The molecule has 0 radical (unpaired) electrons. The number of hydrogen-bond acceptors (Lipinski definition) is 2. The molecule has 106 valence electrons. The number of benzene rings is 2. The van der Waals surface area contributed by atoms with Crippen LogP contribution < -0.4 is 4.74 Å². The zero-order valence-electron chi connectivity index (χ0n) is 12.6. The lowest BCUT2D eigenvalue weighted by atomic mass is 9.86. The van der Waals surface area contributed by atoms with Gasteiger partial charge in [-0.3, -0.25) is 0 Å². The number of rotatable bonds is 3. The van der Waals surface area contributed by atoms with Gasteiger partial charge in [0.05, 0.1) is 6.61 Å². The second-order valence-electron chi connectivity index (χ2n) is 6.12. The summed E-state index contributed by atoms with van der Waals surface area (Å²) in [6, 6.07) is 13.9. The predicted molar refractivity (Wildman–Crippen MR) is 82.3 cm³/mol. The second-order valence-corrected chi connectivity index (χ2v) is 6.12. The molecule has 0 bridgehead atoms. The van der Waals surface area contributed by atoms with Crippen molar-refractivity contribution in [3.05, 3.63) is 59.2 Å². The third-order valence-electron chi connectivity index (χ3n) is 3.31. The molecule has 0 spiro atoms. The molecule has 0 aliphatic heterocycles. The summed E-state index contributed by atoms with van der Waals surface area (Å²) in [6.07, 6.45) is 0. The van der Waals surface area contributed by atoms with E-state index in [-0.39, 0.29) is 12.0 Å². The van der Waals surface area contributed by atoms with Gasteiger partial charge in [0, 0.05) is 11.1 Å². The summed E-state index contributed by atoms with van der Waals surface area (Å²) in [4.78, 5) is 0. The van der Waals surface area contributed by atoms with Crippen LogP contribution in [0.1, 0.15) is 37.5 Å². The van der Waals surface area contributed by atoms with Crippen LogP contribution in [0.3, 0.4) is 0 Å². The van der Waals surface area contributed by atoms with Crippen LogP contribution in [0.2, 0.25) is 0 Å². The minimum absolute atomic E-state index is 0.0111. The Balaban J connectivity index is 2.45. The quantitative estimate of drug-likeness (QED) is 0.884. The van der Waals surface area contributed by atoms with Crippen LogP contribution in [0.25, 0.3) is 0 Å². The van der Waals surface area contributed by atoms with Crippen molar-refractivity contribution >= 4 is 0 Å². The first-order chi connectivity index (χ1) is 9.41. The van der Waals surface area contributed by atoms with Gasteiger partial charge in [0.25, 0.3) is 0 Å². The number of aliphatic hydroxyl groups excluding tert-OH is 1. The van der Waals surface area contributed by atoms with E-state index in [0.29, 0.717) is 5.75 Å². The predicted octanol–water partition coefficient (Wildman–Crippen LogP) is 4.58. The molecule has 2 heteroatoms. The SMILES string of the molecule is Cc1ccc(C(C)(C)C)c(Oc2ccccc2CO)c1. The first kappa shape index (κ1) is 14.6. The fraction of sp³-hybridized carbons (Fsp3) is 0.333. The van der Waals surface area contributed by atoms with Gasteiger partial charge < -0.3 is 9.84 Å². The van der Waals surface area contributed by atoms with Gasteiger partial charge in [0.2, 0.25) is 0 Å². The van der Waals surface area contributed by atoms with Crippen molar-refractivity contribution in [2.45, 2.75) is 39.7 Å². The average Bonchev–Trinajstić information content (AvgIpc) is 2.38. The van der Waals surface area contributed by atoms with E-state index in [4.69, 9.17) is 4.74 Å². The molecule has 0 saturated carbocycles. The molecule has 0 aliphatic rings. The fourth-order valence-electron chi connectivity index (χ4n) is 2.19. The largest absolute Gasteiger partial charge is 0.457 e. The number of aryl methyl sites for hydroxylation is 1. The van der Waals surface area contributed by atoms with Crippen LogP contribution in [-0.4, -0.2) is 5.11 Å². The van der Waals surface area contributed by atoms with Crippen molar-refractivity contribution in [3.8, 4) is 11.5 Å². The Morgan fingerprint density at radius 2 is 1.70 bits per heavy atom. The van der Waals surface area contributed by atoms with E-state index in [1.165, 1.54) is 0 Å². The van der Waals surface area contributed by atoms with Crippen LogP contribution >= 0.6 is 0 Å². The Morgan fingerprint density at radius 3 is 2.35 bits per heavy atom. The molecule has 2 nitrogen and oxygen atoms in total. The van der Waals surface area contributed by atoms with Crippen molar-refractivity contribution < 1.29 is 9.84 Å². The van der Waals surface area contributed by atoms with Crippen molar-refractivity contribution in [1.29, 1.82) is 0 Å². The summed E-state index contributed by atoms with van der Waals surface area (Å²) in [7, 11) is 0. The van der Waals surface area contributed by atoms with Crippen molar-refractivity contribution in [3.63, 3.8) is 0 Å². The topological polar surface area (TPSA) is 29.5 Å². The molecule has 0 amide bonds.